The summed E-state index contributed by atoms with van der Waals surface area (Å²) in [7, 11) is 6.67. The van der Waals surface area contributed by atoms with Gasteiger partial charge in [-0.1, -0.05) is 11.6 Å². The molecule has 2 aromatic carbocycles. The Morgan fingerprint density at radius 2 is 1.64 bits per heavy atom. The number of hydrogen-bond acceptors (Lipinski definition) is 5. The first-order valence-electron chi connectivity index (χ1n) is 7.53. The van der Waals surface area contributed by atoms with E-state index in [4.69, 9.17) is 25.8 Å². The molecule has 0 unspecified atom stereocenters. The average Bonchev–Trinajstić information content (AvgIpc) is 2.61. The number of Topliss-reactive ketones (excluding diaryl/α,β-unsaturated/α-hetero) is 1. The molecular formula is C19H20ClNO4. The number of ether oxygens (including phenoxy) is 3. The van der Waals surface area contributed by atoms with Gasteiger partial charge in [0, 0.05) is 31.4 Å². The van der Waals surface area contributed by atoms with Crippen LogP contribution in [-0.2, 0) is 0 Å². The van der Waals surface area contributed by atoms with Crippen LogP contribution in [0.2, 0.25) is 5.02 Å². The molecular weight excluding hydrogens is 342 g/mol. The lowest BCUT2D eigenvalue weighted by molar-refractivity contribution is 0.0979. The molecule has 5 nitrogen and oxygen atoms in total. The van der Waals surface area contributed by atoms with E-state index in [1.54, 1.807) is 60.7 Å². The van der Waals surface area contributed by atoms with Crippen LogP contribution in [-0.4, -0.2) is 39.0 Å². The van der Waals surface area contributed by atoms with Gasteiger partial charge in [0.25, 0.3) is 0 Å². The number of nitrogens with zero attached hydrogens (tertiary/aromatic N) is 1. The Balaban J connectivity index is 2.38. The highest BCUT2D eigenvalue weighted by atomic mass is 35.5. The van der Waals surface area contributed by atoms with Gasteiger partial charge in [0.15, 0.2) is 5.76 Å². The van der Waals surface area contributed by atoms with Gasteiger partial charge in [0.1, 0.15) is 17.2 Å². The van der Waals surface area contributed by atoms with Crippen molar-refractivity contribution in [1.82, 2.24) is 4.90 Å². The van der Waals surface area contributed by atoms with Crippen LogP contribution in [0.4, 0.5) is 0 Å². The third kappa shape index (κ3) is 4.90. The van der Waals surface area contributed by atoms with E-state index >= 15 is 0 Å². The Labute approximate surface area is 152 Å². The standard InChI is InChI=1S/C19H20ClNO4/c1-21(2)12-18(25-14-7-5-13(20)6-8-14)19(22)16-10-9-15(23-3)11-17(16)24-4/h5-12H,1-4H3/b18-12+. The van der Waals surface area contributed by atoms with E-state index in [0.29, 0.717) is 27.8 Å². The number of carbonyl (C=O) groups is 1. The summed E-state index contributed by atoms with van der Waals surface area (Å²) in [5, 5.41) is 0.591. The number of rotatable bonds is 7. The van der Waals surface area contributed by atoms with Crippen molar-refractivity contribution in [3.8, 4) is 17.2 Å². The Bertz CT molecular complexity index is 769. The molecule has 0 fully saturated rings. The second kappa shape index (κ2) is 8.44. The molecule has 0 saturated heterocycles. The van der Waals surface area contributed by atoms with Crippen LogP contribution < -0.4 is 14.2 Å². The number of ketones is 1. The lowest BCUT2D eigenvalue weighted by atomic mass is 10.1. The molecule has 0 aliphatic rings. The Morgan fingerprint density at radius 1 is 1.00 bits per heavy atom. The zero-order valence-electron chi connectivity index (χ0n) is 14.6. The average molecular weight is 362 g/mol. The van der Waals surface area contributed by atoms with E-state index in [1.165, 1.54) is 7.11 Å². The SMILES string of the molecule is COc1ccc(C(=O)/C(=C\N(C)C)Oc2ccc(Cl)cc2)c(OC)c1. The lowest BCUT2D eigenvalue weighted by Crippen LogP contribution is -2.15. The topological polar surface area (TPSA) is 48.0 Å². The van der Waals surface area contributed by atoms with Gasteiger partial charge < -0.3 is 19.1 Å². The summed E-state index contributed by atoms with van der Waals surface area (Å²) in [6.07, 6.45) is 1.61. The van der Waals surface area contributed by atoms with Gasteiger partial charge >= 0.3 is 0 Å². The van der Waals surface area contributed by atoms with E-state index in [9.17, 15) is 4.79 Å². The third-order valence-corrected chi connectivity index (χ3v) is 3.55. The molecule has 0 heterocycles. The number of hydrogen-bond donors (Lipinski definition) is 0. The van der Waals surface area contributed by atoms with Gasteiger partial charge in [-0.3, -0.25) is 4.79 Å². The summed E-state index contributed by atoms with van der Waals surface area (Å²) in [6.45, 7) is 0. The van der Waals surface area contributed by atoms with Gasteiger partial charge in [-0.2, -0.15) is 0 Å². The monoisotopic (exact) mass is 361 g/mol. The number of halogens is 1. The van der Waals surface area contributed by atoms with E-state index in [2.05, 4.69) is 0 Å². The minimum Gasteiger partial charge on any atom is -0.497 e. The maximum Gasteiger partial charge on any atom is 0.233 e. The summed E-state index contributed by atoms with van der Waals surface area (Å²) in [6, 6.07) is 11.8. The minimum absolute atomic E-state index is 0.163. The van der Waals surface area contributed by atoms with Gasteiger partial charge in [-0.05, 0) is 36.4 Å². The molecule has 0 aliphatic carbocycles. The number of benzene rings is 2. The van der Waals surface area contributed by atoms with Crippen LogP contribution in [0.15, 0.2) is 54.4 Å². The van der Waals surface area contributed by atoms with Gasteiger partial charge in [-0.25, -0.2) is 0 Å². The van der Waals surface area contributed by atoms with Crippen molar-refractivity contribution < 1.29 is 19.0 Å². The number of methoxy groups -OCH3 is 2. The summed E-state index contributed by atoms with van der Waals surface area (Å²) in [5.41, 5.74) is 0.380. The fourth-order valence-electron chi connectivity index (χ4n) is 2.11. The number of allylic oxidation sites excluding steroid dienone is 1. The molecule has 0 spiro atoms. The summed E-state index contributed by atoms with van der Waals surface area (Å²) >= 11 is 5.89. The van der Waals surface area contributed by atoms with Crippen molar-refractivity contribution in [1.29, 1.82) is 0 Å². The molecule has 132 valence electrons. The van der Waals surface area contributed by atoms with Gasteiger partial charge in [0.05, 0.1) is 19.8 Å². The van der Waals surface area contributed by atoms with Crippen LogP contribution in [0, 0.1) is 0 Å². The van der Waals surface area contributed by atoms with Gasteiger partial charge in [-0.15, -0.1) is 0 Å². The normalized spacial score (nSPS) is 11.0. The molecule has 0 N–H and O–H groups in total. The molecule has 25 heavy (non-hydrogen) atoms. The molecule has 2 rings (SSSR count). The van der Waals surface area contributed by atoms with Crippen molar-refractivity contribution in [2.45, 2.75) is 0 Å². The van der Waals surface area contributed by atoms with Crippen LogP contribution in [0.5, 0.6) is 17.2 Å². The Morgan fingerprint density at radius 3 is 2.20 bits per heavy atom. The van der Waals surface area contributed by atoms with Gasteiger partial charge in [0.2, 0.25) is 5.78 Å². The predicted molar refractivity (Wildman–Crippen MR) is 97.7 cm³/mol. The summed E-state index contributed by atoms with van der Waals surface area (Å²) in [5.74, 6) is 1.39. The fraction of sp³-hybridized carbons (Fsp3) is 0.211. The lowest BCUT2D eigenvalue weighted by Gasteiger charge is -2.15. The largest absolute Gasteiger partial charge is 0.497 e. The molecule has 6 heteroatoms. The van der Waals surface area contributed by atoms with E-state index in [-0.39, 0.29) is 11.5 Å². The molecule has 2 aromatic rings. The fourth-order valence-corrected chi connectivity index (χ4v) is 2.24. The molecule has 0 atom stereocenters. The summed E-state index contributed by atoms with van der Waals surface area (Å²) < 4.78 is 16.3. The molecule has 0 aliphatic heterocycles. The van der Waals surface area contributed by atoms with Crippen molar-refractivity contribution in [2.24, 2.45) is 0 Å². The quantitative estimate of drug-likeness (QED) is 0.423. The second-order valence-corrected chi connectivity index (χ2v) is 5.84. The predicted octanol–water partition coefficient (Wildman–Crippen LogP) is 4.02. The molecule has 0 radical (unpaired) electrons. The number of carbonyl (C=O) groups excluding carboxylic acids is 1. The highest BCUT2D eigenvalue weighted by Crippen LogP contribution is 2.28. The first-order chi connectivity index (χ1) is 11.9. The van der Waals surface area contributed by atoms with Crippen LogP contribution >= 0.6 is 11.6 Å². The second-order valence-electron chi connectivity index (χ2n) is 5.41. The third-order valence-electron chi connectivity index (χ3n) is 3.29. The maximum absolute atomic E-state index is 13.0. The van der Waals surface area contributed by atoms with Crippen LogP contribution in [0.3, 0.4) is 0 Å². The Hall–Kier alpha value is -2.66. The smallest absolute Gasteiger partial charge is 0.233 e. The van der Waals surface area contributed by atoms with Crippen molar-refractivity contribution in [2.75, 3.05) is 28.3 Å². The first kappa shape index (κ1) is 18.7. The highest BCUT2D eigenvalue weighted by molar-refractivity contribution is 6.30. The summed E-state index contributed by atoms with van der Waals surface area (Å²) in [4.78, 5) is 14.7. The van der Waals surface area contributed by atoms with Crippen molar-refractivity contribution >= 4 is 17.4 Å². The highest BCUT2D eigenvalue weighted by Gasteiger charge is 2.20. The van der Waals surface area contributed by atoms with E-state index in [0.717, 1.165) is 0 Å². The Kier molecular flexibility index (Phi) is 6.31. The maximum atomic E-state index is 13.0. The molecule has 0 bridgehead atoms. The van der Waals surface area contributed by atoms with Crippen LogP contribution in [0.25, 0.3) is 0 Å². The zero-order valence-corrected chi connectivity index (χ0v) is 15.3. The molecule has 0 amide bonds. The zero-order chi connectivity index (χ0) is 18.4. The molecule has 0 saturated carbocycles. The molecule has 0 aromatic heterocycles. The van der Waals surface area contributed by atoms with E-state index < -0.39 is 0 Å². The first-order valence-corrected chi connectivity index (χ1v) is 7.90. The minimum atomic E-state index is -0.303. The van der Waals surface area contributed by atoms with Crippen molar-refractivity contribution in [3.63, 3.8) is 0 Å². The van der Waals surface area contributed by atoms with Crippen molar-refractivity contribution in [3.05, 3.63) is 65.0 Å². The van der Waals surface area contributed by atoms with Crippen LogP contribution in [0.1, 0.15) is 10.4 Å². The van der Waals surface area contributed by atoms with E-state index in [1.807, 2.05) is 14.1 Å².